The molecule has 0 aromatic carbocycles. The van der Waals surface area contributed by atoms with Gasteiger partial charge in [-0.05, 0) is 6.92 Å². The molecule has 15 heavy (non-hydrogen) atoms. The minimum Gasteiger partial charge on any atom is -0.478 e. The fourth-order valence-electron chi connectivity index (χ4n) is 0.317. The van der Waals surface area contributed by atoms with E-state index in [0.717, 1.165) is 0 Å². The van der Waals surface area contributed by atoms with Crippen LogP contribution < -0.4 is 0 Å². The van der Waals surface area contributed by atoms with Crippen molar-refractivity contribution in [3.05, 3.63) is 24.3 Å². The van der Waals surface area contributed by atoms with E-state index in [9.17, 15) is 14.4 Å². The fourth-order valence-corrected chi connectivity index (χ4v) is 0.317. The second-order valence-corrected chi connectivity index (χ2v) is 2.28. The van der Waals surface area contributed by atoms with Gasteiger partial charge in [-0.1, -0.05) is 6.58 Å². The number of carbonyl (C=O) groups excluding carboxylic acids is 1. The number of hydrogen-bond donors (Lipinski definition) is 2. The second-order valence-electron chi connectivity index (χ2n) is 2.28. The van der Waals surface area contributed by atoms with Gasteiger partial charge in [0.1, 0.15) is 0 Å². The molecule has 0 saturated carbocycles. The smallest absolute Gasteiger partial charge is 0.332 e. The molecule has 0 aliphatic rings. The number of carboxylic acids is 2. The molecule has 0 radical (unpaired) electrons. The average molecular weight is 216 g/mol. The van der Waals surface area contributed by atoms with E-state index in [-0.39, 0.29) is 5.97 Å². The first kappa shape index (κ1) is 15.4. The molecule has 0 heterocycles. The van der Waals surface area contributed by atoms with Crippen LogP contribution in [0.25, 0.3) is 0 Å². The zero-order valence-corrected chi connectivity index (χ0v) is 8.39. The summed E-state index contributed by atoms with van der Waals surface area (Å²) in [5, 5.41) is 15.6. The van der Waals surface area contributed by atoms with Gasteiger partial charge in [-0.2, -0.15) is 0 Å². The lowest BCUT2D eigenvalue weighted by Crippen LogP contribution is -1.98. The maximum Gasteiger partial charge on any atom is 0.332 e. The molecule has 0 aliphatic carbocycles. The van der Waals surface area contributed by atoms with Crippen LogP contribution in [0, 0.1) is 0 Å². The van der Waals surface area contributed by atoms with Crippen LogP contribution in [0.15, 0.2) is 24.3 Å². The Kier molecular flexibility index (Phi) is 8.69. The fraction of sp³-hybridized carbons (Fsp3) is 0.222. The maximum atomic E-state index is 10.2. The largest absolute Gasteiger partial charge is 0.478 e. The van der Waals surface area contributed by atoms with E-state index < -0.39 is 11.9 Å². The van der Waals surface area contributed by atoms with Crippen molar-refractivity contribution in [1.82, 2.24) is 0 Å². The molecule has 0 atom stereocenters. The molecular formula is C9H12O6. The molecule has 0 fully saturated rings. The first-order chi connectivity index (χ1) is 6.81. The number of methoxy groups -OCH3 is 1. The summed E-state index contributed by atoms with van der Waals surface area (Å²) < 4.78 is 4.27. The summed E-state index contributed by atoms with van der Waals surface area (Å²) in [5.74, 6) is -2.86. The summed E-state index contributed by atoms with van der Waals surface area (Å²) >= 11 is 0. The first-order valence-electron chi connectivity index (χ1n) is 3.69. The average Bonchev–Trinajstić information content (AvgIpc) is 2.14. The number of carbonyl (C=O) groups is 3. The van der Waals surface area contributed by atoms with Gasteiger partial charge in [-0.15, -0.1) is 0 Å². The molecule has 0 aromatic rings. The molecule has 6 heteroatoms. The minimum atomic E-state index is -1.26. The zero-order chi connectivity index (χ0) is 12.4. The lowest BCUT2D eigenvalue weighted by atomic mass is 10.4. The maximum absolute atomic E-state index is 10.2. The van der Waals surface area contributed by atoms with Crippen molar-refractivity contribution in [2.24, 2.45) is 0 Å². The molecule has 0 bridgehead atoms. The number of esters is 1. The van der Waals surface area contributed by atoms with Crippen molar-refractivity contribution >= 4 is 17.9 Å². The Labute approximate surface area is 86.5 Å². The normalized spacial score (nSPS) is 8.67. The van der Waals surface area contributed by atoms with Crippen molar-refractivity contribution in [2.75, 3.05) is 7.11 Å². The van der Waals surface area contributed by atoms with Gasteiger partial charge >= 0.3 is 17.9 Å². The highest BCUT2D eigenvalue weighted by molar-refractivity contribution is 5.89. The summed E-state index contributed by atoms with van der Waals surface area (Å²) in [6, 6.07) is 0. The number of ether oxygens (including phenoxy) is 1. The van der Waals surface area contributed by atoms with Gasteiger partial charge in [-0.3, -0.25) is 0 Å². The molecule has 0 aliphatic heterocycles. The van der Waals surface area contributed by atoms with Gasteiger partial charge in [0, 0.05) is 17.7 Å². The highest BCUT2D eigenvalue weighted by Crippen LogP contribution is 1.87. The molecule has 0 aromatic heterocycles. The molecule has 0 saturated heterocycles. The van der Waals surface area contributed by atoms with E-state index in [1.807, 2.05) is 0 Å². The summed E-state index contributed by atoms with van der Waals surface area (Å²) in [5.41, 5.74) is 0.433. The van der Waals surface area contributed by atoms with E-state index in [0.29, 0.717) is 17.7 Å². The molecule has 0 amide bonds. The lowest BCUT2D eigenvalue weighted by molar-refractivity contribution is -0.136. The van der Waals surface area contributed by atoms with Crippen LogP contribution in [0.2, 0.25) is 0 Å². The Morgan fingerprint density at radius 1 is 1.13 bits per heavy atom. The standard InChI is InChI=1S/C5H8O2.C4H4O4/c1-4(2)5(6)7-3;5-3(6)1-2-4(7)8/h1H2,2-3H3;1-2H,(H,5,6)(H,7,8)/b;2-1-. The Hall–Kier alpha value is -2.11. The Balaban J connectivity index is 0. The summed E-state index contributed by atoms with van der Waals surface area (Å²) in [4.78, 5) is 29.3. The van der Waals surface area contributed by atoms with Gasteiger partial charge < -0.3 is 14.9 Å². The molecule has 2 N–H and O–H groups in total. The van der Waals surface area contributed by atoms with Gasteiger partial charge in [0.05, 0.1) is 7.11 Å². The molecular weight excluding hydrogens is 204 g/mol. The molecule has 0 unspecified atom stereocenters. The van der Waals surface area contributed by atoms with Crippen LogP contribution in [-0.2, 0) is 19.1 Å². The Morgan fingerprint density at radius 2 is 1.47 bits per heavy atom. The van der Waals surface area contributed by atoms with Crippen molar-refractivity contribution in [1.29, 1.82) is 0 Å². The summed E-state index contributed by atoms with van der Waals surface area (Å²) in [7, 11) is 1.33. The predicted octanol–water partition coefficient (Wildman–Crippen LogP) is 0.447. The summed E-state index contributed by atoms with van der Waals surface area (Å²) in [6.07, 6.45) is 1.12. The van der Waals surface area contributed by atoms with Crippen LogP contribution in [0.5, 0.6) is 0 Å². The van der Waals surface area contributed by atoms with Gasteiger partial charge in [0.25, 0.3) is 0 Å². The SMILES string of the molecule is C=C(C)C(=O)OC.O=C(O)/C=C\C(=O)O. The third kappa shape index (κ3) is 14.7. The quantitative estimate of drug-likeness (QED) is 0.524. The molecule has 0 spiro atoms. The highest BCUT2D eigenvalue weighted by atomic mass is 16.5. The third-order valence-electron chi connectivity index (χ3n) is 0.902. The lowest BCUT2D eigenvalue weighted by Gasteiger charge is -1.91. The van der Waals surface area contributed by atoms with E-state index in [4.69, 9.17) is 10.2 Å². The Morgan fingerprint density at radius 3 is 1.53 bits per heavy atom. The molecule has 0 rings (SSSR count). The van der Waals surface area contributed by atoms with Crippen molar-refractivity contribution in [3.63, 3.8) is 0 Å². The number of carboxylic acid groups (broad SMARTS) is 2. The number of aliphatic carboxylic acids is 2. The van der Waals surface area contributed by atoms with Gasteiger partial charge in [0.2, 0.25) is 0 Å². The second kappa shape index (κ2) is 8.49. The Bertz CT molecular complexity index is 273. The van der Waals surface area contributed by atoms with E-state index >= 15 is 0 Å². The van der Waals surface area contributed by atoms with Crippen molar-refractivity contribution < 1.29 is 29.3 Å². The number of rotatable bonds is 3. The van der Waals surface area contributed by atoms with Crippen LogP contribution in [-0.4, -0.2) is 35.2 Å². The first-order valence-corrected chi connectivity index (χ1v) is 3.69. The van der Waals surface area contributed by atoms with Crippen molar-refractivity contribution in [2.45, 2.75) is 6.92 Å². The van der Waals surface area contributed by atoms with Crippen LogP contribution in [0.3, 0.4) is 0 Å². The van der Waals surface area contributed by atoms with Crippen molar-refractivity contribution in [3.8, 4) is 0 Å². The van der Waals surface area contributed by atoms with E-state index in [1.54, 1.807) is 6.92 Å². The van der Waals surface area contributed by atoms with Crippen LogP contribution in [0.1, 0.15) is 6.92 Å². The monoisotopic (exact) mass is 216 g/mol. The third-order valence-corrected chi connectivity index (χ3v) is 0.902. The number of hydrogen-bond acceptors (Lipinski definition) is 4. The van der Waals surface area contributed by atoms with Gasteiger partial charge in [-0.25, -0.2) is 14.4 Å². The topological polar surface area (TPSA) is 101 Å². The zero-order valence-electron chi connectivity index (χ0n) is 8.39. The molecule has 6 nitrogen and oxygen atoms in total. The van der Waals surface area contributed by atoms with E-state index in [1.165, 1.54) is 7.11 Å². The van der Waals surface area contributed by atoms with Crippen LogP contribution >= 0.6 is 0 Å². The van der Waals surface area contributed by atoms with Gasteiger partial charge in [0.15, 0.2) is 0 Å². The summed E-state index contributed by atoms with van der Waals surface area (Å²) in [6.45, 7) is 4.95. The molecule has 84 valence electrons. The highest BCUT2D eigenvalue weighted by Gasteiger charge is 1.95. The predicted molar refractivity (Wildman–Crippen MR) is 51.2 cm³/mol. The minimum absolute atomic E-state index is 0.347. The van der Waals surface area contributed by atoms with Crippen LogP contribution in [0.4, 0.5) is 0 Å². The van der Waals surface area contributed by atoms with E-state index in [2.05, 4.69) is 11.3 Å².